The molecular weight excluding hydrogens is 462 g/mol. The van der Waals surface area contributed by atoms with E-state index in [4.69, 9.17) is 9.84 Å². The van der Waals surface area contributed by atoms with E-state index in [1.54, 1.807) is 12.1 Å². The van der Waals surface area contributed by atoms with Gasteiger partial charge in [0.25, 0.3) is 5.91 Å². The molecule has 3 aromatic carbocycles. The van der Waals surface area contributed by atoms with Crippen LogP contribution < -0.4 is 10.1 Å². The molecule has 0 aromatic heterocycles. The quantitative estimate of drug-likeness (QED) is 0.246. The first-order valence-electron chi connectivity index (χ1n) is 13.1. The van der Waals surface area contributed by atoms with Crippen LogP contribution in [0.15, 0.2) is 72.8 Å². The van der Waals surface area contributed by atoms with Crippen LogP contribution in [0.2, 0.25) is 0 Å². The van der Waals surface area contributed by atoms with E-state index in [0.717, 1.165) is 37.9 Å². The summed E-state index contributed by atoms with van der Waals surface area (Å²) in [4.78, 5) is 22.5. The maximum Gasteiger partial charge on any atom is 0.305 e. The first kappa shape index (κ1) is 28.0. The highest BCUT2D eigenvalue weighted by atomic mass is 16.5. The van der Waals surface area contributed by atoms with Crippen LogP contribution >= 0.6 is 0 Å². The van der Waals surface area contributed by atoms with Crippen LogP contribution in [0.4, 0.5) is 0 Å². The minimum atomic E-state index is -0.922. The maximum absolute atomic E-state index is 12.0. The molecular formula is C32H39NO4. The average Bonchev–Trinajstić information content (AvgIpc) is 2.88. The van der Waals surface area contributed by atoms with Crippen LogP contribution in [-0.4, -0.2) is 30.1 Å². The Morgan fingerprint density at radius 2 is 1.38 bits per heavy atom. The summed E-state index contributed by atoms with van der Waals surface area (Å²) in [6.45, 7) is 7.53. The topological polar surface area (TPSA) is 75.6 Å². The van der Waals surface area contributed by atoms with E-state index in [2.05, 4.69) is 62.5 Å². The van der Waals surface area contributed by atoms with Crippen LogP contribution in [0, 0.1) is 0 Å². The summed E-state index contributed by atoms with van der Waals surface area (Å²) in [6, 6.07) is 24.7. The van der Waals surface area contributed by atoms with Crippen molar-refractivity contribution in [2.75, 3.05) is 13.2 Å². The van der Waals surface area contributed by atoms with E-state index in [9.17, 15) is 9.59 Å². The molecule has 196 valence electrons. The summed E-state index contributed by atoms with van der Waals surface area (Å²) in [5.74, 6) is -0.256. The van der Waals surface area contributed by atoms with Crippen molar-refractivity contribution in [2.45, 2.75) is 64.7 Å². The molecule has 0 unspecified atom stereocenters. The van der Waals surface area contributed by atoms with Crippen molar-refractivity contribution in [3.63, 3.8) is 0 Å². The van der Waals surface area contributed by atoms with Gasteiger partial charge in [-0.15, -0.1) is 0 Å². The van der Waals surface area contributed by atoms with Crippen LogP contribution in [0.25, 0.3) is 11.1 Å². The molecule has 0 spiro atoms. The Balaban J connectivity index is 1.30. The SMILES string of the molecule is CC(C)(C)c1ccc(-c2ccc(OCCCCCCc3ccc(C(=O)NCCC(=O)O)cc3)cc2)cc1. The lowest BCUT2D eigenvalue weighted by Crippen LogP contribution is -2.25. The highest BCUT2D eigenvalue weighted by Gasteiger charge is 2.13. The number of hydrogen-bond acceptors (Lipinski definition) is 3. The molecule has 0 heterocycles. The van der Waals surface area contributed by atoms with Crippen LogP contribution in [0.5, 0.6) is 5.75 Å². The predicted molar refractivity (Wildman–Crippen MR) is 149 cm³/mol. The number of hydrogen-bond donors (Lipinski definition) is 2. The number of carbonyl (C=O) groups is 2. The number of benzene rings is 3. The van der Waals surface area contributed by atoms with Gasteiger partial charge in [-0.1, -0.05) is 82.1 Å². The minimum Gasteiger partial charge on any atom is -0.494 e. The second-order valence-corrected chi connectivity index (χ2v) is 10.5. The first-order valence-corrected chi connectivity index (χ1v) is 13.1. The molecule has 5 heteroatoms. The van der Waals surface area contributed by atoms with E-state index in [1.807, 2.05) is 24.3 Å². The summed E-state index contributed by atoms with van der Waals surface area (Å²) in [5, 5.41) is 11.3. The highest BCUT2D eigenvalue weighted by molar-refractivity contribution is 5.94. The molecule has 5 nitrogen and oxygen atoms in total. The second-order valence-electron chi connectivity index (χ2n) is 10.5. The molecule has 0 aliphatic carbocycles. The zero-order chi connectivity index (χ0) is 26.7. The molecule has 3 aromatic rings. The number of nitrogens with one attached hydrogen (secondary N) is 1. The third-order valence-electron chi connectivity index (χ3n) is 6.41. The maximum atomic E-state index is 12.0. The number of carboxylic acid groups (broad SMARTS) is 1. The van der Waals surface area contributed by atoms with Gasteiger partial charge in [-0.3, -0.25) is 9.59 Å². The molecule has 0 saturated carbocycles. The fraction of sp³-hybridized carbons (Fsp3) is 0.375. The van der Waals surface area contributed by atoms with Crippen molar-refractivity contribution in [2.24, 2.45) is 0 Å². The standard InChI is InChI=1S/C32H39NO4/c1-32(2,3)28-17-13-25(14-18-28)26-15-19-29(20-16-26)37-23-7-5-4-6-8-24-9-11-27(12-10-24)31(36)33-22-21-30(34)35/h9-20H,4-8,21-23H2,1-3H3,(H,33,36)(H,34,35). The number of rotatable bonds is 13. The van der Waals surface area contributed by atoms with Crippen molar-refractivity contribution >= 4 is 11.9 Å². The number of aliphatic carboxylic acids is 1. The summed E-state index contributed by atoms with van der Waals surface area (Å²) in [5.41, 5.74) is 5.66. The molecule has 0 bridgehead atoms. The van der Waals surface area contributed by atoms with Crippen molar-refractivity contribution in [3.8, 4) is 16.9 Å². The smallest absolute Gasteiger partial charge is 0.305 e. The minimum absolute atomic E-state index is 0.0753. The molecule has 0 aliphatic rings. The second kappa shape index (κ2) is 13.6. The van der Waals surface area contributed by atoms with Gasteiger partial charge in [0.15, 0.2) is 0 Å². The van der Waals surface area contributed by atoms with E-state index in [0.29, 0.717) is 12.2 Å². The van der Waals surface area contributed by atoms with Gasteiger partial charge in [-0.2, -0.15) is 0 Å². The molecule has 2 N–H and O–H groups in total. The average molecular weight is 502 g/mol. The Kier molecular flexibility index (Phi) is 10.3. The van der Waals surface area contributed by atoms with Crippen LogP contribution in [0.1, 0.15) is 74.4 Å². The lowest BCUT2D eigenvalue weighted by atomic mass is 9.86. The fourth-order valence-electron chi connectivity index (χ4n) is 4.09. The number of unbranched alkanes of at least 4 members (excludes halogenated alkanes) is 3. The predicted octanol–water partition coefficient (Wildman–Crippen LogP) is 7.04. The highest BCUT2D eigenvalue weighted by Crippen LogP contribution is 2.27. The molecule has 0 atom stereocenters. The molecule has 0 saturated heterocycles. The van der Waals surface area contributed by atoms with Crippen LogP contribution in [-0.2, 0) is 16.6 Å². The number of ether oxygens (including phenoxy) is 1. The fourth-order valence-corrected chi connectivity index (χ4v) is 4.09. The lowest BCUT2D eigenvalue weighted by molar-refractivity contribution is -0.136. The number of carboxylic acids is 1. The number of carbonyl (C=O) groups excluding carboxylic acids is 1. The van der Waals surface area contributed by atoms with E-state index in [1.165, 1.54) is 22.3 Å². The van der Waals surface area contributed by atoms with Gasteiger partial charge in [0, 0.05) is 12.1 Å². The normalized spacial score (nSPS) is 11.2. The van der Waals surface area contributed by atoms with Crippen LogP contribution in [0.3, 0.4) is 0 Å². The Morgan fingerprint density at radius 1 is 0.784 bits per heavy atom. The summed E-state index contributed by atoms with van der Waals surface area (Å²) >= 11 is 0. The summed E-state index contributed by atoms with van der Waals surface area (Å²) < 4.78 is 5.93. The van der Waals surface area contributed by atoms with Gasteiger partial charge < -0.3 is 15.2 Å². The van der Waals surface area contributed by atoms with Gasteiger partial charge in [0.1, 0.15) is 5.75 Å². The van der Waals surface area contributed by atoms with E-state index in [-0.39, 0.29) is 24.3 Å². The van der Waals surface area contributed by atoms with Gasteiger partial charge >= 0.3 is 5.97 Å². The third kappa shape index (κ3) is 9.41. The van der Waals surface area contributed by atoms with E-state index >= 15 is 0 Å². The van der Waals surface area contributed by atoms with Crippen molar-refractivity contribution in [3.05, 3.63) is 89.5 Å². The van der Waals surface area contributed by atoms with Crippen molar-refractivity contribution in [1.29, 1.82) is 0 Å². The molecule has 0 fully saturated rings. The zero-order valence-electron chi connectivity index (χ0n) is 22.3. The Labute approximate surface area is 220 Å². The van der Waals surface area contributed by atoms with E-state index < -0.39 is 5.97 Å². The molecule has 1 amide bonds. The Morgan fingerprint density at radius 3 is 1.97 bits per heavy atom. The Hall–Kier alpha value is -3.60. The zero-order valence-corrected chi connectivity index (χ0v) is 22.3. The largest absolute Gasteiger partial charge is 0.494 e. The lowest BCUT2D eigenvalue weighted by Gasteiger charge is -2.19. The van der Waals surface area contributed by atoms with Crippen molar-refractivity contribution < 1.29 is 19.4 Å². The number of aryl methyl sites for hydroxylation is 1. The van der Waals surface area contributed by atoms with Gasteiger partial charge in [0.2, 0.25) is 0 Å². The first-order chi connectivity index (χ1) is 17.7. The van der Waals surface area contributed by atoms with Gasteiger partial charge in [-0.05, 0) is 71.2 Å². The number of amides is 1. The van der Waals surface area contributed by atoms with Crippen molar-refractivity contribution in [1.82, 2.24) is 5.32 Å². The molecule has 37 heavy (non-hydrogen) atoms. The molecule has 0 radical (unpaired) electrons. The third-order valence-corrected chi connectivity index (χ3v) is 6.41. The van der Waals surface area contributed by atoms with Gasteiger partial charge in [-0.25, -0.2) is 0 Å². The summed E-state index contributed by atoms with van der Waals surface area (Å²) in [6.07, 6.45) is 5.25. The molecule has 3 rings (SSSR count). The van der Waals surface area contributed by atoms with Gasteiger partial charge in [0.05, 0.1) is 13.0 Å². The monoisotopic (exact) mass is 501 g/mol. The Bertz CT molecular complexity index is 1130. The summed E-state index contributed by atoms with van der Waals surface area (Å²) in [7, 11) is 0. The molecule has 0 aliphatic heterocycles.